The summed E-state index contributed by atoms with van der Waals surface area (Å²) in [7, 11) is -8.53. The zero-order valence-electron chi connectivity index (χ0n) is 18.7. The van der Waals surface area contributed by atoms with Gasteiger partial charge in [0, 0.05) is 43.9 Å². The molecule has 2 aliphatic heterocycles. The van der Waals surface area contributed by atoms with Gasteiger partial charge in [0.2, 0.25) is 5.69 Å². The van der Waals surface area contributed by atoms with Crippen LogP contribution in [0.25, 0.3) is 11.4 Å². The second kappa shape index (κ2) is 9.71. The molecule has 0 radical (unpaired) electrons. The molecule has 3 heterocycles. The Morgan fingerprint density at radius 2 is 1.15 bits per heavy atom. The number of benzene rings is 1. The number of hydrogen-bond acceptors (Lipinski definition) is 4. The van der Waals surface area contributed by atoms with E-state index in [9.17, 15) is 25.2 Å². The van der Waals surface area contributed by atoms with E-state index >= 15 is 0 Å². The Balaban J connectivity index is 0.000000406. The van der Waals surface area contributed by atoms with Crippen molar-refractivity contribution >= 4 is 19.2 Å². The van der Waals surface area contributed by atoms with Gasteiger partial charge in [-0.3, -0.25) is 0 Å². The van der Waals surface area contributed by atoms with Gasteiger partial charge < -0.3 is 19.3 Å². The van der Waals surface area contributed by atoms with Gasteiger partial charge in [-0.05, 0) is 6.07 Å². The molecule has 0 aliphatic carbocycles. The molecule has 0 N–H and O–H groups in total. The Morgan fingerprint density at radius 3 is 1.62 bits per heavy atom. The van der Waals surface area contributed by atoms with Crippen molar-refractivity contribution in [2.45, 2.75) is 0 Å². The molecule has 0 unspecified atom stereocenters. The van der Waals surface area contributed by atoms with Crippen LogP contribution in [-0.4, -0.2) is 62.4 Å². The molecule has 5 nitrogen and oxygen atoms in total. The summed E-state index contributed by atoms with van der Waals surface area (Å²) in [4.78, 5) is 4.97. The standard InChI is InChI=1S/C22H28N3O2.F6P/c1-23-10-6-5-9-20(23)22(25-13-17-27-18-14-25)21(19-7-3-2-4-8-19)24-11-15-26-16-12-24;1-7(2,3,4,5)6/h2-10H,11-18H2,1H3;/q+1;-1. The average molecular weight is 511 g/mol. The third-order valence-corrected chi connectivity index (χ3v) is 5.22. The summed E-state index contributed by atoms with van der Waals surface area (Å²) in [6, 6.07) is 17.2. The summed E-state index contributed by atoms with van der Waals surface area (Å²) in [6.45, 7) is 6.72. The molecule has 1 aromatic carbocycles. The fourth-order valence-corrected chi connectivity index (χ4v) is 3.84. The van der Waals surface area contributed by atoms with Gasteiger partial charge in [-0.2, -0.15) is 4.57 Å². The Labute approximate surface area is 194 Å². The quantitative estimate of drug-likeness (QED) is 0.313. The van der Waals surface area contributed by atoms with Crippen molar-refractivity contribution in [3.05, 3.63) is 66.0 Å². The van der Waals surface area contributed by atoms with E-state index < -0.39 is 7.81 Å². The topological polar surface area (TPSA) is 28.8 Å². The first kappa shape index (κ1) is 26.2. The van der Waals surface area contributed by atoms with Gasteiger partial charge in [-0.1, -0.05) is 30.3 Å². The first-order valence-electron chi connectivity index (χ1n) is 10.8. The van der Waals surface area contributed by atoms with E-state index in [1.807, 2.05) is 0 Å². The van der Waals surface area contributed by atoms with Crippen LogP contribution in [-0.2, 0) is 16.5 Å². The minimum absolute atomic E-state index is 0.769. The van der Waals surface area contributed by atoms with Crippen LogP contribution in [0.15, 0.2) is 54.7 Å². The molecule has 190 valence electrons. The van der Waals surface area contributed by atoms with Gasteiger partial charge in [-0.25, -0.2) is 0 Å². The van der Waals surface area contributed by atoms with Gasteiger partial charge in [0.05, 0.1) is 32.1 Å². The van der Waals surface area contributed by atoms with E-state index in [2.05, 4.69) is 76.1 Å². The van der Waals surface area contributed by atoms with Crippen molar-refractivity contribution in [2.24, 2.45) is 7.05 Å². The summed E-state index contributed by atoms with van der Waals surface area (Å²) in [6.07, 6.45) is 2.12. The van der Waals surface area contributed by atoms with Crippen LogP contribution in [0.4, 0.5) is 25.2 Å². The third-order valence-electron chi connectivity index (χ3n) is 5.22. The van der Waals surface area contributed by atoms with Crippen LogP contribution in [0.1, 0.15) is 11.3 Å². The molecular formula is C22H28F6N3O2P. The van der Waals surface area contributed by atoms with Gasteiger partial charge in [0.1, 0.15) is 12.7 Å². The third kappa shape index (κ3) is 8.77. The second-order valence-corrected chi connectivity index (χ2v) is 9.83. The molecule has 0 saturated carbocycles. The summed E-state index contributed by atoms with van der Waals surface area (Å²) in [5.41, 5.74) is 5.06. The number of aromatic nitrogens is 1. The first-order chi connectivity index (χ1) is 15.8. The summed E-state index contributed by atoms with van der Waals surface area (Å²) >= 11 is 0. The van der Waals surface area contributed by atoms with Crippen LogP contribution in [0.3, 0.4) is 0 Å². The zero-order chi connectivity index (χ0) is 24.9. The van der Waals surface area contributed by atoms with Gasteiger partial charge >= 0.3 is 33.0 Å². The van der Waals surface area contributed by atoms with Crippen LogP contribution in [0.2, 0.25) is 0 Å². The number of nitrogens with zero attached hydrogens (tertiary/aromatic N) is 3. The van der Waals surface area contributed by atoms with Crippen LogP contribution >= 0.6 is 7.81 Å². The van der Waals surface area contributed by atoms with Gasteiger partial charge in [0.15, 0.2) is 6.20 Å². The second-order valence-electron chi connectivity index (χ2n) is 7.92. The van der Waals surface area contributed by atoms with Crippen molar-refractivity contribution in [1.82, 2.24) is 9.80 Å². The van der Waals surface area contributed by atoms with Crippen molar-refractivity contribution in [1.29, 1.82) is 0 Å². The number of ether oxygens (including phenoxy) is 2. The molecule has 1 aromatic heterocycles. The first-order valence-corrected chi connectivity index (χ1v) is 12.8. The van der Waals surface area contributed by atoms with E-state index in [0.717, 1.165) is 52.6 Å². The van der Waals surface area contributed by atoms with Crippen LogP contribution in [0, 0.1) is 0 Å². The Bertz CT molecular complexity index is 980. The van der Waals surface area contributed by atoms with E-state index in [1.165, 1.54) is 22.7 Å². The van der Waals surface area contributed by atoms with Crippen molar-refractivity contribution < 1.29 is 39.2 Å². The summed E-state index contributed by atoms with van der Waals surface area (Å²) in [5.74, 6) is 0. The molecular weight excluding hydrogens is 483 g/mol. The predicted octanol–water partition coefficient (Wildman–Crippen LogP) is 5.38. The molecule has 0 bridgehead atoms. The van der Waals surface area contributed by atoms with E-state index in [1.54, 1.807) is 0 Å². The number of rotatable bonds is 4. The fourth-order valence-electron chi connectivity index (χ4n) is 3.84. The number of pyridine rings is 1. The molecule has 12 heteroatoms. The maximum atomic E-state index is 9.87. The normalized spacial score (nSPS) is 19.9. The molecule has 34 heavy (non-hydrogen) atoms. The Hall–Kier alpha value is -2.36. The molecule has 2 fully saturated rings. The fraction of sp³-hybridized carbons (Fsp3) is 0.409. The van der Waals surface area contributed by atoms with Crippen molar-refractivity contribution in [3.8, 4) is 0 Å². The number of halogens is 6. The number of aryl methyl sites for hydroxylation is 1. The Kier molecular flexibility index (Phi) is 7.50. The Morgan fingerprint density at radius 1 is 0.706 bits per heavy atom. The van der Waals surface area contributed by atoms with E-state index in [0.29, 0.717) is 0 Å². The monoisotopic (exact) mass is 511 g/mol. The van der Waals surface area contributed by atoms with Gasteiger partial charge in [-0.15, -0.1) is 0 Å². The van der Waals surface area contributed by atoms with E-state index in [4.69, 9.17) is 9.47 Å². The van der Waals surface area contributed by atoms with E-state index in [-0.39, 0.29) is 0 Å². The van der Waals surface area contributed by atoms with Gasteiger partial charge in [0.25, 0.3) is 0 Å². The molecule has 2 aliphatic rings. The SMILES string of the molecule is C[n+]1ccccc1/C(=C(/c1ccccc1)N1CCOCC1)N1CCOCC1.F[P-](F)(F)(F)(F)F. The molecule has 2 saturated heterocycles. The maximum absolute atomic E-state index is 10.7. The average Bonchev–Trinajstić information content (AvgIpc) is 2.78. The zero-order valence-corrected chi connectivity index (χ0v) is 19.6. The van der Waals surface area contributed by atoms with Crippen molar-refractivity contribution in [3.63, 3.8) is 0 Å². The molecule has 0 spiro atoms. The van der Waals surface area contributed by atoms with Crippen molar-refractivity contribution in [2.75, 3.05) is 52.6 Å². The molecule has 0 atom stereocenters. The number of hydrogen-bond donors (Lipinski definition) is 0. The summed E-state index contributed by atoms with van der Waals surface area (Å²) in [5, 5.41) is 0. The molecule has 0 amide bonds. The number of morpholine rings is 2. The summed E-state index contributed by atoms with van der Waals surface area (Å²) < 4.78 is 72.7. The molecule has 2 aromatic rings. The molecule has 4 rings (SSSR count). The predicted molar refractivity (Wildman–Crippen MR) is 119 cm³/mol. The minimum atomic E-state index is -10.7. The van der Waals surface area contributed by atoms with Crippen LogP contribution in [0.5, 0.6) is 0 Å². The van der Waals surface area contributed by atoms with Crippen LogP contribution < -0.4 is 4.57 Å².